The first-order valence-corrected chi connectivity index (χ1v) is 10.5. The number of nitrogens with one attached hydrogen (secondary N) is 1. The van der Waals surface area contributed by atoms with Crippen LogP contribution in [0.2, 0.25) is 0 Å². The molecule has 2 saturated heterocycles. The highest BCUT2D eigenvalue weighted by atomic mass is 32.1. The van der Waals surface area contributed by atoms with Gasteiger partial charge in [-0.1, -0.05) is 23.5 Å². The van der Waals surface area contributed by atoms with Gasteiger partial charge in [-0.15, -0.1) is 5.10 Å². The summed E-state index contributed by atoms with van der Waals surface area (Å²) in [6, 6.07) is 6.47. The summed E-state index contributed by atoms with van der Waals surface area (Å²) in [4.78, 5) is 16.5. The van der Waals surface area contributed by atoms with Crippen LogP contribution in [0.5, 0.6) is 0 Å². The van der Waals surface area contributed by atoms with Crippen molar-refractivity contribution < 1.29 is 13.9 Å². The van der Waals surface area contributed by atoms with Crippen LogP contribution in [-0.2, 0) is 16.2 Å². The Morgan fingerprint density at radius 3 is 2.82 bits per heavy atom. The topological polar surface area (TPSA) is 62.6 Å². The van der Waals surface area contributed by atoms with Crippen molar-refractivity contribution in [3.05, 3.63) is 34.0 Å². The molecule has 0 unspecified atom stereocenters. The number of anilines is 2. The molecule has 7 nitrogen and oxygen atoms in total. The number of hydrogen-bond donors (Lipinski definition) is 1. The van der Waals surface area contributed by atoms with E-state index in [1.165, 1.54) is 17.4 Å². The molecule has 28 heavy (non-hydrogen) atoms. The van der Waals surface area contributed by atoms with Crippen molar-refractivity contribution in [2.24, 2.45) is 0 Å². The third-order valence-electron chi connectivity index (χ3n) is 4.94. The lowest BCUT2D eigenvalue weighted by Crippen LogP contribution is -2.51. The first-order chi connectivity index (χ1) is 13.6. The molecular weight excluding hydrogens is 401 g/mol. The van der Waals surface area contributed by atoms with Crippen LogP contribution in [0.15, 0.2) is 24.3 Å². The molecule has 2 fully saturated rings. The van der Waals surface area contributed by atoms with Crippen molar-refractivity contribution in [2.45, 2.75) is 25.6 Å². The summed E-state index contributed by atoms with van der Waals surface area (Å²) in [6.07, 6.45) is 1.53. The predicted molar refractivity (Wildman–Crippen MR) is 108 cm³/mol. The van der Waals surface area contributed by atoms with Crippen LogP contribution in [0, 0.1) is 9.77 Å². The number of piperazine rings is 1. The van der Waals surface area contributed by atoms with Gasteiger partial charge >= 0.3 is 0 Å². The van der Waals surface area contributed by atoms with Gasteiger partial charge in [-0.25, -0.2) is 9.07 Å². The number of benzene rings is 1. The Balaban J connectivity index is 1.33. The molecule has 1 atom stereocenters. The summed E-state index contributed by atoms with van der Waals surface area (Å²) in [6.45, 7) is 4.10. The number of ether oxygens (including phenoxy) is 1. The van der Waals surface area contributed by atoms with E-state index in [0.717, 1.165) is 25.9 Å². The monoisotopic (exact) mass is 423 g/mol. The summed E-state index contributed by atoms with van der Waals surface area (Å²) < 4.78 is 21.7. The fourth-order valence-corrected chi connectivity index (χ4v) is 4.40. The number of hydrogen-bond acceptors (Lipinski definition) is 7. The molecule has 1 aromatic heterocycles. The maximum Gasteiger partial charge on any atom is 0.251 e. The second kappa shape index (κ2) is 8.64. The normalized spacial score (nSPS) is 20.5. The van der Waals surface area contributed by atoms with Crippen LogP contribution < -0.4 is 5.32 Å². The molecule has 2 aliphatic heterocycles. The number of halogens is 1. The average Bonchev–Trinajstić information content (AvgIpc) is 3.34. The van der Waals surface area contributed by atoms with Crippen molar-refractivity contribution in [3.63, 3.8) is 0 Å². The van der Waals surface area contributed by atoms with Gasteiger partial charge in [-0.2, -0.15) is 0 Å². The summed E-state index contributed by atoms with van der Waals surface area (Å²) >= 11 is 6.72. The average molecular weight is 424 g/mol. The molecule has 2 aliphatic rings. The van der Waals surface area contributed by atoms with Crippen LogP contribution in [0.1, 0.15) is 12.8 Å². The Morgan fingerprint density at radius 1 is 1.32 bits per heavy atom. The number of amides is 1. The van der Waals surface area contributed by atoms with E-state index in [-0.39, 0.29) is 17.8 Å². The van der Waals surface area contributed by atoms with Gasteiger partial charge in [-0.3, -0.25) is 9.69 Å². The molecule has 1 N–H and O–H groups in total. The maximum absolute atomic E-state index is 13.8. The van der Waals surface area contributed by atoms with Crippen molar-refractivity contribution in [3.8, 4) is 0 Å². The minimum absolute atomic E-state index is 0.110. The van der Waals surface area contributed by atoms with Crippen LogP contribution in [-0.4, -0.2) is 64.4 Å². The molecule has 150 valence electrons. The number of nitrogens with zero attached hydrogens (tertiary/aromatic N) is 4. The van der Waals surface area contributed by atoms with Gasteiger partial charge in [-0.05, 0) is 37.2 Å². The summed E-state index contributed by atoms with van der Waals surface area (Å²) in [5.41, 5.74) is 0.375. The number of carbonyl (C=O) groups excluding carboxylic acids is 1. The predicted octanol–water partition coefficient (Wildman–Crippen LogP) is 2.84. The number of para-hydroxylation sites is 1. The van der Waals surface area contributed by atoms with Crippen LogP contribution in [0.25, 0.3) is 0 Å². The lowest BCUT2D eigenvalue weighted by atomic mass is 10.2. The molecule has 4 rings (SSSR count). The van der Waals surface area contributed by atoms with E-state index in [2.05, 4.69) is 15.3 Å². The third kappa shape index (κ3) is 4.40. The number of rotatable bonds is 5. The lowest BCUT2D eigenvalue weighted by Gasteiger charge is -2.35. The number of carbonyl (C=O) groups is 1. The van der Waals surface area contributed by atoms with E-state index < -0.39 is 0 Å². The van der Waals surface area contributed by atoms with Gasteiger partial charge in [0.1, 0.15) is 11.9 Å². The van der Waals surface area contributed by atoms with Crippen molar-refractivity contribution >= 4 is 40.3 Å². The highest BCUT2D eigenvalue weighted by Gasteiger charge is 2.30. The number of aromatic nitrogens is 2. The summed E-state index contributed by atoms with van der Waals surface area (Å²) in [5, 5.41) is 8.01. The molecule has 0 aliphatic carbocycles. The molecule has 0 radical (unpaired) electrons. The van der Waals surface area contributed by atoms with Gasteiger partial charge in [0, 0.05) is 32.8 Å². The maximum atomic E-state index is 13.8. The highest BCUT2D eigenvalue weighted by molar-refractivity contribution is 7.73. The minimum Gasteiger partial charge on any atom is -0.368 e. The lowest BCUT2D eigenvalue weighted by molar-refractivity contribution is -0.142. The Kier molecular flexibility index (Phi) is 6.00. The SMILES string of the molecule is O=C([C@@H]1CCCO1)N1CCN(Cn2nc(Nc3ccccc3F)sc2=S)CC1. The standard InChI is InChI=1S/C18H22FN5O2S2/c19-13-4-1-2-5-14(13)20-17-21-24(18(27)28-17)12-22-7-9-23(10-8-22)16(25)15-6-3-11-26-15/h1-2,4-5,15H,3,6-12H2,(H,20,21)/t15-/m0/s1. The smallest absolute Gasteiger partial charge is 0.251 e. The minimum atomic E-state index is -0.331. The van der Waals surface area contributed by atoms with Crippen molar-refractivity contribution in [2.75, 3.05) is 38.1 Å². The molecule has 0 spiro atoms. The van der Waals surface area contributed by atoms with Gasteiger partial charge < -0.3 is 15.0 Å². The van der Waals surface area contributed by atoms with Gasteiger partial charge in [0.2, 0.25) is 5.13 Å². The van der Waals surface area contributed by atoms with E-state index in [4.69, 9.17) is 17.0 Å². The van der Waals surface area contributed by atoms with Crippen LogP contribution in [0.3, 0.4) is 0 Å². The van der Waals surface area contributed by atoms with E-state index >= 15 is 0 Å². The van der Waals surface area contributed by atoms with Crippen molar-refractivity contribution in [1.29, 1.82) is 0 Å². The Labute approximate surface area is 171 Å². The molecule has 10 heteroatoms. The van der Waals surface area contributed by atoms with Gasteiger partial charge in [0.25, 0.3) is 5.91 Å². The zero-order valence-corrected chi connectivity index (χ0v) is 17.0. The Hall–Kier alpha value is -1.88. The van der Waals surface area contributed by atoms with Crippen molar-refractivity contribution in [1.82, 2.24) is 19.6 Å². The fraction of sp³-hybridized carbons (Fsp3) is 0.500. The van der Waals surface area contributed by atoms with Crippen LogP contribution in [0.4, 0.5) is 15.2 Å². The molecule has 2 aromatic rings. The van der Waals surface area contributed by atoms with E-state index in [1.807, 2.05) is 4.90 Å². The highest BCUT2D eigenvalue weighted by Crippen LogP contribution is 2.23. The van der Waals surface area contributed by atoms with Gasteiger partial charge in [0.05, 0.1) is 12.4 Å². The third-order valence-corrected chi connectivity index (χ3v) is 6.17. The Morgan fingerprint density at radius 2 is 2.11 bits per heavy atom. The second-order valence-electron chi connectivity index (χ2n) is 6.86. The second-order valence-corrected chi connectivity index (χ2v) is 8.49. The largest absolute Gasteiger partial charge is 0.368 e. The van der Waals surface area contributed by atoms with E-state index in [1.54, 1.807) is 22.9 Å². The molecule has 1 aromatic carbocycles. The zero-order chi connectivity index (χ0) is 19.5. The quantitative estimate of drug-likeness (QED) is 0.747. The summed E-state index contributed by atoms with van der Waals surface area (Å²) in [7, 11) is 0. The first-order valence-electron chi connectivity index (χ1n) is 9.32. The van der Waals surface area contributed by atoms with E-state index in [0.29, 0.717) is 41.1 Å². The van der Waals surface area contributed by atoms with Crippen LogP contribution >= 0.6 is 23.6 Å². The first kappa shape index (κ1) is 19.4. The zero-order valence-electron chi connectivity index (χ0n) is 15.3. The molecule has 0 saturated carbocycles. The fourth-order valence-electron chi connectivity index (χ4n) is 3.40. The van der Waals surface area contributed by atoms with E-state index in [9.17, 15) is 9.18 Å². The van der Waals surface area contributed by atoms with Gasteiger partial charge in [0.15, 0.2) is 3.95 Å². The Bertz CT molecular complexity index is 888. The molecule has 3 heterocycles. The molecule has 0 bridgehead atoms. The molecular formula is C18H22FN5O2S2. The summed E-state index contributed by atoms with van der Waals surface area (Å²) in [5.74, 6) is -0.221. The molecule has 1 amide bonds.